The van der Waals surface area contributed by atoms with E-state index in [0.29, 0.717) is 30.0 Å². The van der Waals surface area contributed by atoms with E-state index >= 15 is 0 Å². The van der Waals surface area contributed by atoms with Crippen LogP contribution in [0.1, 0.15) is 27.4 Å². The van der Waals surface area contributed by atoms with E-state index in [2.05, 4.69) is 15.5 Å². The first-order chi connectivity index (χ1) is 12.9. The van der Waals surface area contributed by atoms with Crippen LogP contribution < -0.4 is 5.32 Å². The van der Waals surface area contributed by atoms with Gasteiger partial charge in [-0.05, 0) is 37.8 Å². The molecule has 0 bridgehead atoms. The average Bonchev–Trinajstić information content (AvgIpc) is 3.15. The Morgan fingerprint density at radius 2 is 1.89 bits per heavy atom. The molecule has 0 saturated carbocycles. The lowest BCUT2D eigenvalue weighted by Crippen LogP contribution is -2.28. The third-order valence-corrected chi connectivity index (χ3v) is 4.28. The summed E-state index contributed by atoms with van der Waals surface area (Å²) in [6.07, 6.45) is 0. The quantitative estimate of drug-likeness (QED) is 0.531. The number of carbonyl (C=O) groups excluding carboxylic acids is 1. The lowest BCUT2D eigenvalue weighted by Gasteiger charge is -2.06. The lowest BCUT2D eigenvalue weighted by molar-refractivity contribution is -0.389. The fraction of sp³-hybridized carbons (Fsp3) is 0.278. The molecule has 3 aromatic rings. The van der Waals surface area contributed by atoms with Crippen LogP contribution in [0.3, 0.4) is 0 Å². The summed E-state index contributed by atoms with van der Waals surface area (Å²) in [7, 11) is 0. The van der Waals surface area contributed by atoms with Gasteiger partial charge in [0.15, 0.2) is 0 Å². The molecule has 0 atom stereocenters. The van der Waals surface area contributed by atoms with Gasteiger partial charge < -0.3 is 15.4 Å². The Hall–Kier alpha value is -3.49. The van der Waals surface area contributed by atoms with Gasteiger partial charge in [-0.1, -0.05) is 18.2 Å². The highest BCUT2D eigenvalue weighted by Gasteiger charge is 2.20. The molecule has 9 heteroatoms. The summed E-state index contributed by atoms with van der Waals surface area (Å²) in [5.74, 6) is -0.429. The Labute approximate surface area is 155 Å². The van der Waals surface area contributed by atoms with Crippen LogP contribution in [0.5, 0.6) is 0 Å². The molecule has 1 amide bonds. The molecule has 0 saturated heterocycles. The van der Waals surface area contributed by atoms with E-state index in [0.717, 1.165) is 11.4 Å². The van der Waals surface area contributed by atoms with Crippen LogP contribution in [0.15, 0.2) is 36.4 Å². The van der Waals surface area contributed by atoms with E-state index in [1.165, 1.54) is 10.7 Å². The van der Waals surface area contributed by atoms with Crippen molar-refractivity contribution < 1.29 is 9.72 Å². The second-order valence-electron chi connectivity index (χ2n) is 6.17. The summed E-state index contributed by atoms with van der Waals surface area (Å²) in [5.41, 5.74) is 3.47. The third kappa shape index (κ3) is 3.71. The molecule has 1 aromatic carbocycles. The Morgan fingerprint density at radius 3 is 2.52 bits per heavy atom. The maximum absolute atomic E-state index is 12.6. The van der Waals surface area contributed by atoms with Crippen LogP contribution in [0.4, 0.5) is 5.82 Å². The molecule has 27 heavy (non-hydrogen) atoms. The molecule has 140 valence electrons. The molecule has 1 N–H and O–H groups in total. The minimum atomic E-state index is -0.535. The number of carbonyl (C=O) groups is 1. The van der Waals surface area contributed by atoms with Gasteiger partial charge in [0.25, 0.3) is 5.91 Å². The number of nitrogens with zero attached hydrogens (tertiary/aromatic N) is 5. The molecule has 2 heterocycles. The molecular formula is C18H20N6O3. The fourth-order valence-electron chi connectivity index (χ4n) is 2.96. The van der Waals surface area contributed by atoms with E-state index in [1.54, 1.807) is 18.5 Å². The zero-order chi connectivity index (χ0) is 19.6. The molecule has 3 rings (SSSR count). The summed E-state index contributed by atoms with van der Waals surface area (Å²) < 4.78 is 3.25. The van der Waals surface area contributed by atoms with Crippen LogP contribution in [-0.4, -0.2) is 36.9 Å². The number of hydrogen-bond donors (Lipinski definition) is 1. The Balaban J connectivity index is 1.70. The molecule has 9 nitrogen and oxygen atoms in total. The minimum Gasteiger partial charge on any atom is -0.358 e. The SMILES string of the molecule is Cc1nn(-c2ccccc2)c(C)c1C(=O)NCCn1nc([N+](=O)[O-])cc1C. The highest BCUT2D eigenvalue weighted by Crippen LogP contribution is 2.17. The van der Waals surface area contributed by atoms with Crippen molar-refractivity contribution in [2.24, 2.45) is 0 Å². The Kier molecular flexibility index (Phi) is 5.02. The second kappa shape index (κ2) is 7.40. The summed E-state index contributed by atoms with van der Waals surface area (Å²) in [5, 5.41) is 22.0. The van der Waals surface area contributed by atoms with Gasteiger partial charge in [-0.2, -0.15) is 9.78 Å². The van der Waals surface area contributed by atoms with Crippen molar-refractivity contribution in [3.05, 3.63) is 69.2 Å². The van der Waals surface area contributed by atoms with Gasteiger partial charge in [0, 0.05) is 6.54 Å². The summed E-state index contributed by atoms with van der Waals surface area (Å²) >= 11 is 0. The molecule has 0 fully saturated rings. The van der Waals surface area contributed by atoms with Crippen LogP contribution in [0.2, 0.25) is 0 Å². The molecule has 0 unspecified atom stereocenters. The zero-order valence-electron chi connectivity index (χ0n) is 15.3. The van der Waals surface area contributed by atoms with E-state index < -0.39 is 4.92 Å². The van der Waals surface area contributed by atoms with Gasteiger partial charge in [0.1, 0.15) is 0 Å². The number of aromatic nitrogens is 4. The molecule has 0 spiro atoms. The van der Waals surface area contributed by atoms with Gasteiger partial charge >= 0.3 is 5.82 Å². The normalized spacial score (nSPS) is 10.8. The van der Waals surface area contributed by atoms with Crippen LogP contribution in [0.25, 0.3) is 5.69 Å². The van der Waals surface area contributed by atoms with Crippen molar-refractivity contribution >= 4 is 11.7 Å². The number of rotatable bonds is 6. The van der Waals surface area contributed by atoms with Crippen molar-refractivity contribution in [2.45, 2.75) is 27.3 Å². The predicted molar refractivity (Wildman–Crippen MR) is 99.0 cm³/mol. The number of para-hydroxylation sites is 1. The highest BCUT2D eigenvalue weighted by atomic mass is 16.6. The second-order valence-corrected chi connectivity index (χ2v) is 6.17. The molecular weight excluding hydrogens is 348 g/mol. The number of amides is 1. The van der Waals surface area contributed by atoms with Gasteiger partial charge in [-0.3, -0.25) is 4.79 Å². The number of benzene rings is 1. The maximum atomic E-state index is 12.6. The number of hydrogen-bond acceptors (Lipinski definition) is 5. The van der Waals surface area contributed by atoms with Crippen molar-refractivity contribution in [3.8, 4) is 5.69 Å². The van der Waals surface area contributed by atoms with Gasteiger partial charge in [-0.25, -0.2) is 4.68 Å². The van der Waals surface area contributed by atoms with Gasteiger partial charge in [-0.15, -0.1) is 0 Å². The third-order valence-electron chi connectivity index (χ3n) is 4.28. The fourth-order valence-corrected chi connectivity index (χ4v) is 2.96. The van der Waals surface area contributed by atoms with Crippen LogP contribution in [0, 0.1) is 30.9 Å². The van der Waals surface area contributed by atoms with E-state index in [-0.39, 0.29) is 11.7 Å². The molecule has 0 aliphatic heterocycles. The maximum Gasteiger partial charge on any atom is 0.390 e. The number of aryl methyl sites for hydroxylation is 2. The summed E-state index contributed by atoms with van der Waals surface area (Å²) in [4.78, 5) is 22.9. The van der Waals surface area contributed by atoms with Crippen LogP contribution in [-0.2, 0) is 6.54 Å². The predicted octanol–water partition coefficient (Wildman–Crippen LogP) is 2.33. The average molecular weight is 368 g/mol. The first-order valence-corrected chi connectivity index (χ1v) is 8.47. The largest absolute Gasteiger partial charge is 0.390 e. The first-order valence-electron chi connectivity index (χ1n) is 8.47. The number of nitrogens with one attached hydrogen (secondary N) is 1. The highest BCUT2D eigenvalue weighted by molar-refractivity contribution is 5.96. The van der Waals surface area contributed by atoms with E-state index in [9.17, 15) is 14.9 Å². The van der Waals surface area contributed by atoms with Gasteiger partial charge in [0.2, 0.25) is 0 Å². The van der Waals surface area contributed by atoms with Crippen molar-refractivity contribution in [2.75, 3.05) is 6.54 Å². The minimum absolute atomic E-state index is 0.199. The first kappa shape index (κ1) is 18.3. The number of nitro groups is 1. The van der Waals surface area contributed by atoms with E-state index in [4.69, 9.17) is 0 Å². The standard InChI is InChI=1S/C18H20N6O3/c1-12-11-16(24(26)27)21-22(12)10-9-19-18(25)17-13(2)20-23(14(17)3)15-7-5-4-6-8-15/h4-8,11H,9-10H2,1-3H3,(H,19,25). The molecule has 0 aliphatic carbocycles. The molecule has 0 radical (unpaired) electrons. The van der Waals surface area contributed by atoms with Crippen molar-refractivity contribution in [3.63, 3.8) is 0 Å². The van der Waals surface area contributed by atoms with Gasteiger partial charge in [0.05, 0.1) is 46.0 Å². The monoisotopic (exact) mass is 368 g/mol. The zero-order valence-corrected chi connectivity index (χ0v) is 15.3. The van der Waals surface area contributed by atoms with Crippen LogP contribution >= 0.6 is 0 Å². The lowest BCUT2D eigenvalue weighted by atomic mass is 10.2. The van der Waals surface area contributed by atoms with Crippen molar-refractivity contribution in [1.82, 2.24) is 24.9 Å². The van der Waals surface area contributed by atoms with E-state index in [1.807, 2.05) is 37.3 Å². The summed E-state index contributed by atoms with van der Waals surface area (Å²) in [6, 6.07) is 11.0. The Bertz CT molecular complexity index is 990. The molecule has 2 aromatic heterocycles. The Morgan fingerprint density at radius 1 is 1.19 bits per heavy atom. The topological polar surface area (TPSA) is 108 Å². The van der Waals surface area contributed by atoms with Crippen molar-refractivity contribution in [1.29, 1.82) is 0 Å². The summed E-state index contributed by atoms with van der Waals surface area (Å²) in [6.45, 7) is 6.02. The smallest absolute Gasteiger partial charge is 0.358 e. The molecule has 0 aliphatic rings.